The van der Waals surface area contributed by atoms with E-state index in [0.717, 1.165) is 28.3 Å². The van der Waals surface area contributed by atoms with Crippen molar-refractivity contribution < 1.29 is 9.53 Å². The maximum atomic E-state index is 12.3. The van der Waals surface area contributed by atoms with Gasteiger partial charge in [-0.05, 0) is 36.9 Å². The van der Waals surface area contributed by atoms with E-state index in [0.29, 0.717) is 11.5 Å². The Morgan fingerprint density at radius 2 is 2.12 bits per heavy atom. The van der Waals surface area contributed by atoms with E-state index in [9.17, 15) is 4.79 Å². The van der Waals surface area contributed by atoms with Crippen LogP contribution < -0.4 is 10.1 Å². The lowest BCUT2D eigenvalue weighted by Crippen LogP contribution is -2.10. The molecule has 1 N–H and O–H groups in total. The monoisotopic (exact) mass is 341 g/mol. The lowest BCUT2D eigenvalue weighted by molar-refractivity contribution is 0.103. The topological polar surface area (TPSA) is 56.1 Å². The maximum Gasteiger partial charge on any atom is 0.265 e. The SMILES string of the molecule is Cc1ccccc1OCc1csc(C(=O)Nc2cn(C)nc2C)c1. The van der Waals surface area contributed by atoms with Gasteiger partial charge in [-0.3, -0.25) is 9.48 Å². The molecule has 0 unspecified atom stereocenters. The fourth-order valence-electron chi connectivity index (χ4n) is 2.36. The van der Waals surface area contributed by atoms with E-state index in [4.69, 9.17) is 4.74 Å². The molecule has 2 heterocycles. The predicted molar refractivity (Wildman–Crippen MR) is 95.7 cm³/mol. The number of ether oxygens (including phenoxy) is 1. The zero-order valence-electron chi connectivity index (χ0n) is 13.9. The van der Waals surface area contributed by atoms with Crippen LogP contribution >= 0.6 is 11.3 Å². The van der Waals surface area contributed by atoms with Crippen molar-refractivity contribution in [2.24, 2.45) is 7.05 Å². The highest BCUT2D eigenvalue weighted by molar-refractivity contribution is 7.12. The van der Waals surface area contributed by atoms with Crippen molar-refractivity contribution in [1.82, 2.24) is 9.78 Å². The molecule has 1 aromatic carbocycles. The molecule has 3 aromatic rings. The molecule has 1 amide bonds. The van der Waals surface area contributed by atoms with Crippen molar-refractivity contribution in [1.29, 1.82) is 0 Å². The van der Waals surface area contributed by atoms with Gasteiger partial charge in [0.05, 0.1) is 16.3 Å². The van der Waals surface area contributed by atoms with Gasteiger partial charge in [-0.2, -0.15) is 5.10 Å². The highest BCUT2D eigenvalue weighted by Crippen LogP contribution is 2.21. The van der Waals surface area contributed by atoms with E-state index >= 15 is 0 Å². The van der Waals surface area contributed by atoms with Gasteiger partial charge in [-0.1, -0.05) is 18.2 Å². The van der Waals surface area contributed by atoms with Crippen LogP contribution in [0.25, 0.3) is 0 Å². The summed E-state index contributed by atoms with van der Waals surface area (Å²) in [5.41, 5.74) is 3.60. The number of aromatic nitrogens is 2. The Hall–Kier alpha value is -2.60. The lowest BCUT2D eigenvalue weighted by Gasteiger charge is -2.07. The summed E-state index contributed by atoms with van der Waals surface area (Å²) in [5.74, 6) is 0.735. The van der Waals surface area contributed by atoms with Gasteiger partial charge < -0.3 is 10.1 Å². The fourth-order valence-corrected chi connectivity index (χ4v) is 3.15. The average Bonchev–Trinajstić information content (AvgIpc) is 3.13. The molecule has 6 heteroatoms. The minimum Gasteiger partial charge on any atom is -0.489 e. The van der Waals surface area contributed by atoms with Crippen molar-refractivity contribution in [3.63, 3.8) is 0 Å². The van der Waals surface area contributed by atoms with Crippen LogP contribution in [0.3, 0.4) is 0 Å². The number of hydrogen-bond acceptors (Lipinski definition) is 4. The molecule has 0 radical (unpaired) electrons. The first-order chi connectivity index (χ1) is 11.5. The Kier molecular flexibility index (Phi) is 4.66. The highest BCUT2D eigenvalue weighted by Gasteiger charge is 2.12. The van der Waals surface area contributed by atoms with Crippen molar-refractivity contribution in [2.45, 2.75) is 20.5 Å². The fraction of sp³-hybridized carbons (Fsp3) is 0.222. The predicted octanol–water partition coefficient (Wildman–Crippen LogP) is 3.93. The van der Waals surface area contributed by atoms with Gasteiger partial charge in [0, 0.05) is 18.8 Å². The zero-order chi connectivity index (χ0) is 17.1. The Balaban J connectivity index is 1.63. The smallest absolute Gasteiger partial charge is 0.265 e. The highest BCUT2D eigenvalue weighted by atomic mass is 32.1. The van der Waals surface area contributed by atoms with Gasteiger partial charge in [0.15, 0.2) is 0 Å². The zero-order valence-corrected chi connectivity index (χ0v) is 14.7. The number of nitrogens with one attached hydrogen (secondary N) is 1. The van der Waals surface area contributed by atoms with Crippen molar-refractivity contribution >= 4 is 22.9 Å². The number of rotatable bonds is 5. The molecule has 0 atom stereocenters. The number of nitrogens with zero attached hydrogens (tertiary/aromatic N) is 2. The number of hydrogen-bond donors (Lipinski definition) is 1. The molecule has 24 heavy (non-hydrogen) atoms. The number of amides is 1. The van der Waals surface area contributed by atoms with Crippen LogP contribution in [0.15, 0.2) is 41.9 Å². The lowest BCUT2D eigenvalue weighted by atomic mass is 10.2. The minimum atomic E-state index is -0.127. The van der Waals surface area contributed by atoms with E-state index in [2.05, 4.69) is 10.4 Å². The number of aryl methyl sites for hydroxylation is 3. The summed E-state index contributed by atoms with van der Waals surface area (Å²) < 4.78 is 7.50. The van der Waals surface area contributed by atoms with Gasteiger partial charge in [-0.25, -0.2) is 0 Å². The summed E-state index contributed by atoms with van der Waals surface area (Å²) in [4.78, 5) is 13.0. The number of benzene rings is 1. The molecule has 0 saturated heterocycles. The van der Waals surface area contributed by atoms with Crippen LogP contribution in [0.4, 0.5) is 5.69 Å². The molecule has 3 rings (SSSR count). The molecule has 0 aliphatic carbocycles. The van der Waals surface area contributed by atoms with Crippen LogP contribution in [-0.4, -0.2) is 15.7 Å². The summed E-state index contributed by atoms with van der Waals surface area (Å²) in [6.07, 6.45) is 1.79. The molecule has 0 bridgehead atoms. The maximum absolute atomic E-state index is 12.3. The van der Waals surface area contributed by atoms with Crippen LogP contribution in [0, 0.1) is 13.8 Å². The number of carbonyl (C=O) groups excluding carboxylic acids is 1. The van der Waals surface area contributed by atoms with E-state index in [1.165, 1.54) is 11.3 Å². The van der Waals surface area contributed by atoms with Crippen LogP contribution in [-0.2, 0) is 13.7 Å². The second-order valence-electron chi connectivity index (χ2n) is 5.63. The van der Waals surface area contributed by atoms with Crippen molar-refractivity contribution in [2.75, 3.05) is 5.32 Å². The second kappa shape index (κ2) is 6.88. The second-order valence-corrected chi connectivity index (χ2v) is 6.54. The van der Waals surface area contributed by atoms with Gasteiger partial charge in [0.2, 0.25) is 0 Å². The van der Waals surface area contributed by atoms with E-state index in [1.807, 2.05) is 56.6 Å². The molecule has 0 spiro atoms. The molecule has 124 valence electrons. The third-order valence-corrected chi connectivity index (χ3v) is 4.60. The molecule has 0 saturated carbocycles. The molecule has 0 fully saturated rings. The van der Waals surface area contributed by atoms with Crippen LogP contribution in [0.2, 0.25) is 0 Å². The minimum absolute atomic E-state index is 0.127. The Morgan fingerprint density at radius 1 is 1.33 bits per heavy atom. The van der Waals surface area contributed by atoms with Crippen LogP contribution in [0.5, 0.6) is 5.75 Å². The van der Waals surface area contributed by atoms with E-state index in [1.54, 1.807) is 10.9 Å². The Labute approximate surface area is 144 Å². The Bertz CT molecular complexity index is 867. The van der Waals surface area contributed by atoms with Gasteiger partial charge in [0.1, 0.15) is 12.4 Å². The van der Waals surface area contributed by atoms with Gasteiger partial charge >= 0.3 is 0 Å². The summed E-state index contributed by atoms with van der Waals surface area (Å²) in [6.45, 7) is 4.32. The molecule has 0 aliphatic heterocycles. The largest absolute Gasteiger partial charge is 0.489 e. The van der Waals surface area contributed by atoms with Crippen molar-refractivity contribution in [3.8, 4) is 5.75 Å². The first kappa shape index (κ1) is 16.3. The first-order valence-corrected chi connectivity index (χ1v) is 8.48. The van der Waals surface area contributed by atoms with Crippen LogP contribution in [0.1, 0.15) is 26.5 Å². The number of thiophene rings is 1. The normalized spacial score (nSPS) is 10.6. The third-order valence-electron chi connectivity index (χ3n) is 3.63. The summed E-state index contributed by atoms with van der Waals surface area (Å²) in [5, 5.41) is 9.06. The molecule has 0 aliphatic rings. The van der Waals surface area contributed by atoms with E-state index < -0.39 is 0 Å². The van der Waals surface area contributed by atoms with Crippen molar-refractivity contribution in [3.05, 3.63) is 63.6 Å². The average molecular weight is 341 g/mol. The summed E-state index contributed by atoms with van der Waals surface area (Å²) >= 11 is 1.41. The molecular weight excluding hydrogens is 322 g/mol. The number of anilines is 1. The first-order valence-electron chi connectivity index (χ1n) is 7.60. The quantitative estimate of drug-likeness (QED) is 0.765. The molecule has 2 aromatic heterocycles. The van der Waals surface area contributed by atoms with E-state index in [-0.39, 0.29) is 5.91 Å². The molecule has 5 nitrogen and oxygen atoms in total. The number of para-hydroxylation sites is 1. The molecular formula is C18H19N3O2S. The standard InChI is InChI=1S/C18H19N3O2S/c1-12-6-4-5-7-16(12)23-10-14-8-17(24-11-14)18(22)19-15-9-21(3)20-13(15)2/h4-9,11H,10H2,1-3H3,(H,19,22). The Morgan fingerprint density at radius 3 is 2.83 bits per heavy atom. The van der Waals surface area contributed by atoms with Gasteiger partial charge in [0.25, 0.3) is 5.91 Å². The van der Waals surface area contributed by atoms with Gasteiger partial charge in [-0.15, -0.1) is 11.3 Å². The summed E-state index contributed by atoms with van der Waals surface area (Å²) in [6, 6.07) is 9.75. The third kappa shape index (κ3) is 3.65. The summed E-state index contributed by atoms with van der Waals surface area (Å²) in [7, 11) is 1.83. The number of carbonyl (C=O) groups is 1.